The van der Waals surface area contributed by atoms with Crippen LogP contribution in [0.1, 0.15) is 70.8 Å². The fourth-order valence-electron chi connectivity index (χ4n) is 2.81. The zero-order chi connectivity index (χ0) is 22.1. The van der Waals surface area contributed by atoms with E-state index in [1.165, 1.54) is 12.1 Å². The van der Waals surface area contributed by atoms with Crippen molar-refractivity contribution in [2.45, 2.75) is 63.2 Å². The Morgan fingerprint density at radius 1 is 1.13 bits per heavy atom. The SMILES string of the molecule is CC(C)c1cc(Cl)cc(C(C)C)c1NC(=O)NS(=O)(=O)c1ccc(C(C)(C)O)s1.[H-].[Na+]. The number of urea groups is 1. The van der Waals surface area contributed by atoms with E-state index in [4.69, 9.17) is 11.6 Å². The molecule has 3 N–H and O–H groups in total. The Morgan fingerprint density at radius 3 is 2.03 bits per heavy atom. The fourth-order valence-corrected chi connectivity index (χ4v) is 5.26. The van der Waals surface area contributed by atoms with Crippen molar-refractivity contribution in [1.29, 1.82) is 0 Å². The molecule has 0 saturated heterocycles. The molecule has 162 valence electrons. The van der Waals surface area contributed by atoms with E-state index in [2.05, 4.69) is 10.0 Å². The van der Waals surface area contributed by atoms with Crippen molar-refractivity contribution < 1.29 is 49.3 Å². The average Bonchev–Trinajstić information content (AvgIpc) is 3.06. The number of carbonyl (C=O) groups is 1. The van der Waals surface area contributed by atoms with Crippen LogP contribution in [0, 0.1) is 0 Å². The molecule has 0 bridgehead atoms. The van der Waals surface area contributed by atoms with Crippen LogP contribution < -0.4 is 39.6 Å². The molecule has 0 aliphatic carbocycles. The Hall–Kier alpha value is -0.610. The summed E-state index contributed by atoms with van der Waals surface area (Å²) in [6.07, 6.45) is 0. The van der Waals surface area contributed by atoms with Crippen molar-refractivity contribution in [3.05, 3.63) is 45.3 Å². The number of anilines is 1. The maximum atomic E-state index is 12.6. The largest absolute Gasteiger partial charge is 1.00 e. The number of benzene rings is 1. The number of thiophene rings is 1. The molecule has 2 aromatic rings. The molecule has 6 nitrogen and oxygen atoms in total. The molecule has 2 rings (SSSR count). The summed E-state index contributed by atoms with van der Waals surface area (Å²) in [5, 5.41) is 13.3. The number of nitrogens with one attached hydrogen (secondary N) is 2. The quantitative estimate of drug-likeness (QED) is 0.551. The van der Waals surface area contributed by atoms with Gasteiger partial charge in [0.25, 0.3) is 10.0 Å². The molecular weight excluding hydrogens is 455 g/mol. The first-order valence-electron chi connectivity index (χ1n) is 9.22. The number of halogens is 1. The number of carbonyl (C=O) groups excluding carboxylic acids is 1. The van der Waals surface area contributed by atoms with Crippen LogP contribution >= 0.6 is 22.9 Å². The summed E-state index contributed by atoms with van der Waals surface area (Å²) < 4.78 is 27.2. The minimum atomic E-state index is -4.07. The zero-order valence-electron chi connectivity index (χ0n) is 19.3. The monoisotopic (exact) mass is 482 g/mol. The number of aliphatic hydroxyl groups is 1. The third-order valence-corrected chi connectivity index (χ3v) is 7.76. The number of hydrogen-bond donors (Lipinski definition) is 3. The fraction of sp³-hybridized carbons (Fsp3) is 0.450. The van der Waals surface area contributed by atoms with Gasteiger partial charge in [-0.1, -0.05) is 39.3 Å². The first-order chi connectivity index (χ1) is 13.2. The molecule has 0 saturated carbocycles. The van der Waals surface area contributed by atoms with Gasteiger partial charge in [-0.15, -0.1) is 11.3 Å². The summed E-state index contributed by atoms with van der Waals surface area (Å²) in [5.41, 5.74) is 1.06. The van der Waals surface area contributed by atoms with Crippen LogP contribution in [-0.4, -0.2) is 19.6 Å². The van der Waals surface area contributed by atoms with E-state index in [0.717, 1.165) is 22.5 Å². The van der Waals surface area contributed by atoms with Crippen LogP contribution in [0.25, 0.3) is 0 Å². The van der Waals surface area contributed by atoms with Gasteiger partial charge in [-0.3, -0.25) is 0 Å². The topological polar surface area (TPSA) is 95.5 Å². The van der Waals surface area contributed by atoms with Gasteiger partial charge >= 0.3 is 35.6 Å². The van der Waals surface area contributed by atoms with Gasteiger partial charge in [-0.2, -0.15) is 0 Å². The number of amides is 2. The molecule has 10 heteroatoms. The molecule has 1 heterocycles. The van der Waals surface area contributed by atoms with Crippen molar-refractivity contribution in [3.63, 3.8) is 0 Å². The van der Waals surface area contributed by atoms with E-state index in [0.29, 0.717) is 15.6 Å². The first-order valence-corrected chi connectivity index (χ1v) is 11.9. The van der Waals surface area contributed by atoms with Gasteiger partial charge in [0.2, 0.25) is 0 Å². The maximum absolute atomic E-state index is 12.6. The van der Waals surface area contributed by atoms with Gasteiger partial charge in [0.05, 0.1) is 5.60 Å². The van der Waals surface area contributed by atoms with Crippen molar-refractivity contribution in [3.8, 4) is 0 Å². The van der Waals surface area contributed by atoms with Crippen molar-refractivity contribution in [1.82, 2.24) is 4.72 Å². The van der Waals surface area contributed by atoms with Gasteiger partial charge < -0.3 is 11.8 Å². The maximum Gasteiger partial charge on any atom is 1.00 e. The second-order valence-corrected chi connectivity index (χ2v) is 11.4. The molecule has 0 aliphatic rings. The molecule has 0 atom stereocenters. The van der Waals surface area contributed by atoms with Crippen LogP contribution in [0.2, 0.25) is 5.02 Å². The summed E-state index contributed by atoms with van der Waals surface area (Å²) in [4.78, 5) is 13.0. The van der Waals surface area contributed by atoms with Gasteiger partial charge in [0.15, 0.2) is 0 Å². The van der Waals surface area contributed by atoms with E-state index in [1.54, 1.807) is 26.0 Å². The van der Waals surface area contributed by atoms with Crippen LogP contribution in [0.5, 0.6) is 0 Å². The van der Waals surface area contributed by atoms with Crippen molar-refractivity contribution in [2.75, 3.05) is 5.32 Å². The Bertz CT molecular complexity index is 989. The Balaban J connectivity index is 0.00000450. The summed E-state index contributed by atoms with van der Waals surface area (Å²) in [5.74, 6) is 0.148. The summed E-state index contributed by atoms with van der Waals surface area (Å²) in [6, 6.07) is 5.60. The molecule has 0 spiro atoms. The minimum absolute atomic E-state index is 0. The van der Waals surface area contributed by atoms with E-state index in [-0.39, 0.29) is 47.0 Å². The van der Waals surface area contributed by atoms with Crippen LogP contribution in [-0.2, 0) is 15.6 Å². The van der Waals surface area contributed by atoms with Gasteiger partial charge in [-0.25, -0.2) is 17.9 Å². The third-order valence-electron chi connectivity index (χ3n) is 4.32. The van der Waals surface area contributed by atoms with E-state index in [9.17, 15) is 18.3 Å². The predicted octanol–water partition coefficient (Wildman–Crippen LogP) is 2.50. The first kappa shape index (κ1) is 27.4. The van der Waals surface area contributed by atoms with Gasteiger partial charge in [0, 0.05) is 15.6 Å². The standard InChI is InChI=1S/C20H27ClN2O4S2.Na.H/c1-11(2)14-9-13(21)10-15(12(3)4)18(14)22-19(24)23-29(26,27)17-8-7-16(28-17)20(5,6)25;;/h7-12,25H,1-6H3,(H2,22,23,24);;/q;+1;-1. The molecule has 0 radical (unpaired) electrons. The molecular formula is C20H28ClN2NaO4S2. The number of hydrogen-bond acceptors (Lipinski definition) is 5. The number of rotatable bonds is 6. The van der Waals surface area contributed by atoms with E-state index < -0.39 is 21.7 Å². The molecule has 1 aromatic heterocycles. The molecule has 2 amide bonds. The summed E-state index contributed by atoms with van der Waals surface area (Å²) in [7, 11) is -4.07. The van der Waals surface area contributed by atoms with Gasteiger partial charge in [0.1, 0.15) is 4.21 Å². The summed E-state index contributed by atoms with van der Waals surface area (Å²) >= 11 is 7.14. The second-order valence-electron chi connectivity index (χ2n) is 8.01. The Kier molecular flexibility index (Phi) is 9.45. The van der Waals surface area contributed by atoms with Crippen molar-refractivity contribution >= 4 is 44.7 Å². The predicted molar refractivity (Wildman–Crippen MR) is 120 cm³/mol. The van der Waals surface area contributed by atoms with E-state index >= 15 is 0 Å². The number of sulfonamides is 1. The van der Waals surface area contributed by atoms with Crippen LogP contribution in [0.4, 0.5) is 10.5 Å². The van der Waals surface area contributed by atoms with Crippen LogP contribution in [0.15, 0.2) is 28.5 Å². The second kappa shape index (κ2) is 10.3. The Labute approximate surface area is 211 Å². The zero-order valence-corrected chi connectivity index (χ0v) is 22.7. The molecule has 30 heavy (non-hydrogen) atoms. The normalized spacial score (nSPS) is 12.1. The average molecular weight is 483 g/mol. The van der Waals surface area contributed by atoms with Crippen molar-refractivity contribution in [2.24, 2.45) is 0 Å². The molecule has 0 aliphatic heterocycles. The molecule has 1 aromatic carbocycles. The van der Waals surface area contributed by atoms with Gasteiger partial charge in [-0.05, 0) is 61.1 Å². The summed E-state index contributed by atoms with van der Waals surface area (Å²) in [6.45, 7) is 11.0. The third kappa shape index (κ3) is 6.69. The minimum Gasteiger partial charge on any atom is -1.00 e. The molecule has 0 fully saturated rings. The molecule has 0 unspecified atom stereocenters. The van der Waals surface area contributed by atoms with Crippen LogP contribution in [0.3, 0.4) is 0 Å². The smallest absolute Gasteiger partial charge is 1.00 e. The Morgan fingerprint density at radius 2 is 1.63 bits per heavy atom. The van der Waals surface area contributed by atoms with E-state index in [1.807, 2.05) is 27.7 Å².